The van der Waals surface area contributed by atoms with Crippen LogP contribution >= 0.6 is 0 Å². The zero-order valence-corrected chi connectivity index (χ0v) is 23.2. The van der Waals surface area contributed by atoms with E-state index in [1.807, 2.05) is 36.0 Å². The van der Waals surface area contributed by atoms with Gasteiger partial charge in [0.05, 0.1) is 23.6 Å². The lowest BCUT2D eigenvalue weighted by molar-refractivity contribution is 0.237. The smallest absolute Gasteiger partial charge is 0.315 e. The van der Waals surface area contributed by atoms with E-state index in [1.54, 1.807) is 12.1 Å². The average molecular weight is 535 g/mol. The second-order valence-corrected chi connectivity index (χ2v) is 11.4. The van der Waals surface area contributed by atoms with Crippen molar-refractivity contribution in [3.8, 4) is 5.69 Å². The number of carbonyl (C=O) groups excluding carboxylic acids is 1. The molecule has 0 radical (unpaired) electrons. The summed E-state index contributed by atoms with van der Waals surface area (Å²) in [6.45, 7) is 6.94. The first kappa shape index (κ1) is 26.1. The minimum Gasteiger partial charge on any atom is -0.334 e. The largest absolute Gasteiger partial charge is 0.334 e. The molecule has 0 saturated heterocycles. The standard InChI is InChI=1S/C34H35FN4O/c1-22-10-12-24(13-11-22)20-36-33(40)38-23(2)28-8-4-5-9-29(28)32-30-21-37-39(27-16-14-26(35)15-17-27)31(30)19-25-7-6-18-34(25,32)3/h4-5,8-17,19,21,23,32H,6-7,18,20H2,1-3H3,(H2,36,38,40). The van der Waals surface area contributed by atoms with Crippen molar-refractivity contribution in [2.45, 2.75) is 58.5 Å². The summed E-state index contributed by atoms with van der Waals surface area (Å²) in [5, 5.41) is 11.0. The van der Waals surface area contributed by atoms with E-state index in [1.165, 1.54) is 34.4 Å². The van der Waals surface area contributed by atoms with E-state index in [0.29, 0.717) is 6.54 Å². The van der Waals surface area contributed by atoms with Gasteiger partial charge in [0.2, 0.25) is 0 Å². The van der Waals surface area contributed by atoms with Gasteiger partial charge in [0.15, 0.2) is 0 Å². The van der Waals surface area contributed by atoms with Gasteiger partial charge in [0.1, 0.15) is 5.82 Å². The Morgan fingerprint density at radius 1 is 1.07 bits per heavy atom. The monoisotopic (exact) mass is 534 g/mol. The molecule has 6 rings (SSSR count). The molecule has 1 saturated carbocycles. The number of halogens is 1. The second kappa shape index (κ2) is 10.4. The Morgan fingerprint density at radius 2 is 1.82 bits per heavy atom. The topological polar surface area (TPSA) is 59.0 Å². The quantitative estimate of drug-likeness (QED) is 0.268. The molecule has 0 bridgehead atoms. The van der Waals surface area contributed by atoms with Crippen molar-refractivity contribution in [3.05, 3.63) is 124 Å². The highest BCUT2D eigenvalue weighted by Gasteiger charge is 2.47. The fourth-order valence-electron chi connectivity index (χ4n) is 6.59. The molecular formula is C34H35FN4O. The molecule has 3 aromatic carbocycles. The lowest BCUT2D eigenvalue weighted by Crippen LogP contribution is -2.37. The van der Waals surface area contributed by atoms with Gasteiger partial charge in [-0.15, -0.1) is 0 Å². The van der Waals surface area contributed by atoms with Crippen LogP contribution in [0.1, 0.15) is 78.6 Å². The van der Waals surface area contributed by atoms with Crippen LogP contribution in [0.2, 0.25) is 0 Å². The van der Waals surface area contributed by atoms with Gasteiger partial charge in [-0.1, -0.05) is 66.6 Å². The van der Waals surface area contributed by atoms with Crippen molar-refractivity contribution in [2.24, 2.45) is 5.41 Å². The number of allylic oxidation sites excluding steroid dienone is 1. The first-order chi connectivity index (χ1) is 19.3. The third-order valence-corrected chi connectivity index (χ3v) is 8.74. The van der Waals surface area contributed by atoms with E-state index in [4.69, 9.17) is 5.10 Å². The molecule has 2 amide bonds. The van der Waals surface area contributed by atoms with Crippen LogP contribution in [0.4, 0.5) is 9.18 Å². The number of fused-ring (bicyclic) bond motifs is 2. The van der Waals surface area contributed by atoms with Gasteiger partial charge in [0, 0.05) is 18.0 Å². The Morgan fingerprint density at radius 3 is 2.60 bits per heavy atom. The highest BCUT2D eigenvalue weighted by Crippen LogP contribution is 2.59. The molecular weight excluding hydrogens is 499 g/mol. The lowest BCUT2D eigenvalue weighted by atomic mass is 9.63. The van der Waals surface area contributed by atoms with Gasteiger partial charge in [-0.3, -0.25) is 0 Å². The average Bonchev–Trinajstić information content (AvgIpc) is 3.54. The predicted molar refractivity (Wildman–Crippen MR) is 157 cm³/mol. The molecule has 204 valence electrons. The van der Waals surface area contributed by atoms with E-state index in [9.17, 15) is 9.18 Å². The third-order valence-electron chi connectivity index (χ3n) is 8.74. The first-order valence-electron chi connectivity index (χ1n) is 14.1. The maximum Gasteiger partial charge on any atom is 0.315 e. The van der Waals surface area contributed by atoms with Gasteiger partial charge in [-0.25, -0.2) is 13.9 Å². The van der Waals surface area contributed by atoms with Gasteiger partial charge in [-0.05, 0) is 85.6 Å². The highest BCUT2D eigenvalue weighted by atomic mass is 19.1. The number of benzene rings is 3. The number of carbonyl (C=O) groups is 1. The first-order valence-corrected chi connectivity index (χ1v) is 14.1. The SMILES string of the molecule is Cc1ccc(CNC(=O)NC(C)c2ccccc2C2c3cnn(-c4ccc(F)cc4)c3C=C3CCCC32C)cc1. The third kappa shape index (κ3) is 4.72. The number of hydrogen-bond acceptors (Lipinski definition) is 2. The number of hydrogen-bond donors (Lipinski definition) is 2. The number of nitrogens with zero attached hydrogens (tertiary/aromatic N) is 2. The molecule has 1 aromatic heterocycles. The van der Waals surface area contributed by atoms with Crippen molar-refractivity contribution in [1.29, 1.82) is 0 Å². The number of amides is 2. The minimum absolute atomic E-state index is 0.0345. The molecule has 0 spiro atoms. The van der Waals surface area contributed by atoms with Crippen molar-refractivity contribution in [3.63, 3.8) is 0 Å². The highest BCUT2D eigenvalue weighted by molar-refractivity contribution is 5.74. The molecule has 6 heteroatoms. The van der Waals surface area contributed by atoms with E-state index in [0.717, 1.165) is 41.8 Å². The van der Waals surface area contributed by atoms with E-state index >= 15 is 0 Å². The molecule has 1 fully saturated rings. The molecule has 4 aromatic rings. The Balaban J connectivity index is 1.32. The fraction of sp³-hybridized carbons (Fsp3) is 0.294. The number of rotatable bonds is 6. The van der Waals surface area contributed by atoms with Crippen molar-refractivity contribution >= 4 is 12.1 Å². The summed E-state index contributed by atoms with van der Waals surface area (Å²) in [4.78, 5) is 12.9. The summed E-state index contributed by atoms with van der Waals surface area (Å²) < 4.78 is 15.6. The van der Waals surface area contributed by atoms with Crippen molar-refractivity contribution in [2.75, 3.05) is 0 Å². The molecule has 3 atom stereocenters. The van der Waals surface area contributed by atoms with Gasteiger partial charge in [-0.2, -0.15) is 5.10 Å². The van der Waals surface area contributed by atoms with Gasteiger partial charge in [0.25, 0.3) is 0 Å². The Kier molecular flexibility index (Phi) is 6.78. The van der Waals surface area contributed by atoms with Crippen LogP contribution in [-0.2, 0) is 6.54 Å². The molecule has 3 unspecified atom stereocenters. The molecule has 5 nitrogen and oxygen atoms in total. The molecule has 1 heterocycles. The Bertz CT molecular complexity index is 1570. The summed E-state index contributed by atoms with van der Waals surface area (Å²) in [7, 11) is 0. The number of aromatic nitrogens is 2. The maximum absolute atomic E-state index is 13.7. The zero-order valence-electron chi connectivity index (χ0n) is 23.2. The molecule has 0 aliphatic heterocycles. The minimum atomic E-state index is -0.261. The van der Waals surface area contributed by atoms with Crippen LogP contribution in [0.15, 0.2) is 84.6 Å². The summed E-state index contributed by atoms with van der Waals surface area (Å²) in [5.41, 5.74) is 9.03. The number of aryl methyl sites for hydroxylation is 1. The molecule has 2 N–H and O–H groups in total. The van der Waals surface area contributed by atoms with Crippen LogP contribution in [0.25, 0.3) is 11.8 Å². The second-order valence-electron chi connectivity index (χ2n) is 11.4. The summed E-state index contributed by atoms with van der Waals surface area (Å²) in [6, 6.07) is 22.7. The van der Waals surface area contributed by atoms with E-state index in [2.05, 4.69) is 60.9 Å². The van der Waals surface area contributed by atoms with E-state index < -0.39 is 0 Å². The maximum atomic E-state index is 13.7. The number of urea groups is 1. The van der Waals surface area contributed by atoms with Crippen LogP contribution in [0, 0.1) is 18.2 Å². The summed E-state index contributed by atoms with van der Waals surface area (Å²) >= 11 is 0. The zero-order chi connectivity index (χ0) is 27.9. The molecule has 2 aliphatic carbocycles. The number of nitrogens with one attached hydrogen (secondary N) is 2. The Hall–Kier alpha value is -4.19. The fourth-order valence-corrected chi connectivity index (χ4v) is 6.59. The van der Waals surface area contributed by atoms with Crippen LogP contribution in [-0.4, -0.2) is 15.8 Å². The summed E-state index contributed by atoms with van der Waals surface area (Å²) in [5.74, 6) is -0.169. The van der Waals surface area contributed by atoms with Crippen LogP contribution in [0.3, 0.4) is 0 Å². The van der Waals surface area contributed by atoms with Crippen molar-refractivity contribution in [1.82, 2.24) is 20.4 Å². The normalized spacial score (nSPS) is 20.3. The van der Waals surface area contributed by atoms with Crippen molar-refractivity contribution < 1.29 is 9.18 Å². The molecule has 2 aliphatic rings. The van der Waals surface area contributed by atoms with Gasteiger partial charge >= 0.3 is 6.03 Å². The molecule has 40 heavy (non-hydrogen) atoms. The van der Waals surface area contributed by atoms with Crippen LogP contribution < -0.4 is 10.6 Å². The predicted octanol–water partition coefficient (Wildman–Crippen LogP) is 7.60. The van der Waals surface area contributed by atoms with Crippen LogP contribution in [0.5, 0.6) is 0 Å². The Labute approximate surface area is 235 Å². The lowest BCUT2D eigenvalue weighted by Gasteiger charge is -2.40. The summed E-state index contributed by atoms with van der Waals surface area (Å²) in [6.07, 6.45) is 7.57. The van der Waals surface area contributed by atoms with E-state index in [-0.39, 0.29) is 29.2 Å². The van der Waals surface area contributed by atoms with Gasteiger partial charge < -0.3 is 10.6 Å².